The third-order valence-electron chi connectivity index (χ3n) is 2.96. The van der Waals surface area contributed by atoms with Crippen LogP contribution in [-0.2, 0) is 4.79 Å². The molecule has 0 aliphatic heterocycles. The van der Waals surface area contributed by atoms with E-state index in [0.29, 0.717) is 45.6 Å². The Labute approximate surface area is 130 Å². The largest absolute Gasteiger partial charge is 0.497 e. The fourth-order valence-electron chi connectivity index (χ4n) is 1.95. The molecule has 1 amide bonds. The summed E-state index contributed by atoms with van der Waals surface area (Å²) in [7, 11) is 3.12. The van der Waals surface area contributed by atoms with E-state index in [1.54, 1.807) is 18.6 Å². The number of fused-ring (bicyclic) bond motifs is 1. The maximum absolute atomic E-state index is 10.5. The van der Waals surface area contributed by atoms with Crippen molar-refractivity contribution in [2.24, 2.45) is 0 Å². The van der Waals surface area contributed by atoms with Crippen molar-refractivity contribution in [1.29, 1.82) is 0 Å². The topological polar surface area (TPSA) is 86.2 Å². The van der Waals surface area contributed by atoms with E-state index in [2.05, 4.69) is 20.3 Å². The first-order valence-electron chi connectivity index (χ1n) is 6.31. The minimum absolute atomic E-state index is 0.365. The summed E-state index contributed by atoms with van der Waals surface area (Å²) >= 11 is 1.30. The minimum atomic E-state index is 0.365. The van der Waals surface area contributed by atoms with E-state index in [1.165, 1.54) is 18.4 Å². The van der Waals surface area contributed by atoms with Gasteiger partial charge in [-0.25, -0.2) is 15.0 Å². The molecule has 0 aliphatic carbocycles. The molecule has 0 atom stereocenters. The lowest BCUT2D eigenvalue weighted by atomic mass is 10.2. The first-order valence-corrected chi connectivity index (χ1v) is 7.19. The Balaban J connectivity index is 2.12. The van der Waals surface area contributed by atoms with Gasteiger partial charge in [0.25, 0.3) is 0 Å². The van der Waals surface area contributed by atoms with Crippen LogP contribution in [0.15, 0.2) is 23.6 Å². The number of aromatic nitrogens is 3. The summed E-state index contributed by atoms with van der Waals surface area (Å²) in [5, 5.41) is 4.78. The molecule has 0 spiro atoms. The molecule has 0 fully saturated rings. The number of nitrogens with zero attached hydrogens (tertiary/aromatic N) is 3. The molecular formula is C14H12N4O3S. The van der Waals surface area contributed by atoms with Crippen LogP contribution in [0.25, 0.3) is 22.4 Å². The third-order valence-corrected chi connectivity index (χ3v) is 3.74. The van der Waals surface area contributed by atoms with Gasteiger partial charge in [-0.3, -0.25) is 4.79 Å². The van der Waals surface area contributed by atoms with E-state index in [0.717, 1.165) is 0 Å². The Morgan fingerprint density at radius 3 is 2.73 bits per heavy atom. The quantitative estimate of drug-likeness (QED) is 0.727. The molecule has 0 unspecified atom stereocenters. The Kier molecular flexibility index (Phi) is 3.84. The van der Waals surface area contributed by atoms with Gasteiger partial charge < -0.3 is 14.8 Å². The summed E-state index contributed by atoms with van der Waals surface area (Å²) < 4.78 is 10.5. The Morgan fingerprint density at radius 1 is 1.14 bits per heavy atom. The second-order valence-electron chi connectivity index (χ2n) is 4.24. The lowest BCUT2D eigenvalue weighted by Gasteiger charge is -2.07. The number of nitrogens with one attached hydrogen (secondary N) is 1. The van der Waals surface area contributed by atoms with E-state index in [-0.39, 0.29) is 0 Å². The monoisotopic (exact) mass is 316 g/mol. The molecule has 3 rings (SSSR count). The summed E-state index contributed by atoms with van der Waals surface area (Å²) in [6, 6.07) is 5.42. The molecule has 0 bridgehead atoms. The Bertz CT molecular complexity index is 834. The van der Waals surface area contributed by atoms with Crippen LogP contribution in [0.2, 0.25) is 0 Å². The zero-order valence-electron chi connectivity index (χ0n) is 11.9. The highest BCUT2D eigenvalue weighted by molar-refractivity contribution is 7.14. The Morgan fingerprint density at radius 2 is 2.00 bits per heavy atom. The third kappa shape index (κ3) is 2.56. The van der Waals surface area contributed by atoms with Gasteiger partial charge in [-0.1, -0.05) is 0 Å². The number of rotatable bonds is 5. The molecule has 0 saturated heterocycles. The van der Waals surface area contributed by atoms with Crippen LogP contribution < -0.4 is 14.8 Å². The van der Waals surface area contributed by atoms with Crippen LogP contribution in [0.4, 0.5) is 5.13 Å². The first kappa shape index (κ1) is 14.2. The average Bonchev–Trinajstić information content (AvgIpc) is 3.01. The summed E-state index contributed by atoms with van der Waals surface area (Å²) in [5.74, 6) is 1.06. The molecule has 22 heavy (non-hydrogen) atoms. The van der Waals surface area contributed by atoms with Crippen molar-refractivity contribution in [3.8, 4) is 23.0 Å². The second kappa shape index (κ2) is 5.94. The molecule has 0 saturated carbocycles. The minimum Gasteiger partial charge on any atom is -0.497 e. The highest BCUT2D eigenvalue weighted by Crippen LogP contribution is 2.31. The van der Waals surface area contributed by atoms with Crippen LogP contribution in [-0.4, -0.2) is 35.6 Å². The molecule has 2 aromatic heterocycles. The summed E-state index contributed by atoms with van der Waals surface area (Å²) in [6.07, 6.45) is 0.582. The van der Waals surface area contributed by atoms with Crippen LogP contribution in [0.3, 0.4) is 0 Å². The van der Waals surface area contributed by atoms with Gasteiger partial charge in [0.1, 0.15) is 11.4 Å². The number of methoxy groups -OCH3 is 2. The van der Waals surface area contributed by atoms with E-state index in [9.17, 15) is 4.79 Å². The van der Waals surface area contributed by atoms with Crippen molar-refractivity contribution in [2.75, 3.05) is 19.5 Å². The molecule has 0 radical (unpaired) electrons. The van der Waals surface area contributed by atoms with Crippen molar-refractivity contribution in [3.05, 3.63) is 23.6 Å². The SMILES string of the molecule is COc1ccc2nc(-c3csc(NC=O)n3)c(OC)nc2c1. The van der Waals surface area contributed by atoms with Crippen molar-refractivity contribution < 1.29 is 14.3 Å². The zero-order chi connectivity index (χ0) is 15.5. The van der Waals surface area contributed by atoms with Gasteiger partial charge >= 0.3 is 0 Å². The van der Waals surface area contributed by atoms with Crippen molar-refractivity contribution in [1.82, 2.24) is 15.0 Å². The summed E-state index contributed by atoms with van der Waals surface area (Å²) in [4.78, 5) is 23.8. The van der Waals surface area contributed by atoms with Crippen LogP contribution >= 0.6 is 11.3 Å². The number of ether oxygens (including phenoxy) is 2. The number of anilines is 1. The van der Waals surface area contributed by atoms with E-state index < -0.39 is 0 Å². The lowest BCUT2D eigenvalue weighted by molar-refractivity contribution is -0.105. The predicted molar refractivity (Wildman–Crippen MR) is 83.4 cm³/mol. The molecule has 7 nitrogen and oxygen atoms in total. The number of carbonyl (C=O) groups is 1. The Hall–Kier alpha value is -2.74. The van der Waals surface area contributed by atoms with Gasteiger partial charge in [-0.15, -0.1) is 11.3 Å². The maximum atomic E-state index is 10.5. The smallest absolute Gasteiger partial charge is 0.242 e. The number of amides is 1. The van der Waals surface area contributed by atoms with Crippen LogP contribution in [0, 0.1) is 0 Å². The van der Waals surface area contributed by atoms with E-state index in [4.69, 9.17) is 9.47 Å². The summed E-state index contributed by atoms with van der Waals surface area (Å²) in [6.45, 7) is 0. The molecule has 8 heteroatoms. The van der Waals surface area contributed by atoms with Crippen LogP contribution in [0.1, 0.15) is 0 Å². The zero-order valence-corrected chi connectivity index (χ0v) is 12.7. The molecule has 3 aromatic rings. The molecule has 112 valence electrons. The number of hydrogen-bond acceptors (Lipinski definition) is 7. The molecule has 1 N–H and O–H groups in total. The average molecular weight is 316 g/mol. The van der Waals surface area contributed by atoms with Gasteiger partial charge in [0.05, 0.1) is 25.3 Å². The van der Waals surface area contributed by atoms with Gasteiger partial charge in [-0.2, -0.15) is 0 Å². The molecular weight excluding hydrogens is 304 g/mol. The predicted octanol–water partition coefficient (Wildman–Crippen LogP) is 2.34. The van der Waals surface area contributed by atoms with Gasteiger partial charge in [0.2, 0.25) is 12.3 Å². The number of carbonyl (C=O) groups excluding carboxylic acids is 1. The van der Waals surface area contributed by atoms with E-state index in [1.807, 2.05) is 12.1 Å². The maximum Gasteiger partial charge on any atom is 0.242 e. The number of hydrogen-bond donors (Lipinski definition) is 1. The highest BCUT2D eigenvalue weighted by atomic mass is 32.1. The fraction of sp³-hybridized carbons (Fsp3) is 0.143. The van der Waals surface area contributed by atoms with E-state index >= 15 is 0 Å². The lowest BCUT2D eigenvalue weighted by Crippen LogP contribution is -1.98. The number of benzene rings is 1. The second-order valence-corrected chi connectivity index (χ2v) is 5.09. The van der Waals surface area contributed by atoms with Gasteiger partial charge in [-0.05, 0) is 12.1 Å². The van der Waals surface area contributed by atoms with Crippen molar-refractivity contribution in [2.45, 2.75) is 0 Å². The van der Waals surface area contributed by atoms with Gasteiger partial charge in [0.15, 0.2) is 10.8 Å². The highest BCUT2D eigenvalue weighted by Gasteiger charge is 2.15. The summed E-state index contributed by atoms with van der Waals surface area (Å²) in [5.41, 5.74) is 2.49. The van der Waals surface area contributed by atoms with Crippen molar-refractivity contribution >= 4 is 33.9 Å². The molecule has 0 aliphatic rings. The van der Waals surface area contributed by atoms with Gasteiger partial charge in [0, 0.05) is 11.4 Å². The van der Waals surface area contributed by atoms with Crippen LogP contribution in [0.5, 0.6) is 11.6 Å². The van der Waals surface area contributed by atoms with Crippen molar-refractivity contribution in [3.63, 3.8) is 0 Å². The first-order chi connectivity index (χ1) is 10.7. The molecule has 2 heterocycles. The number of thiazole rings is 1. The fourth-order valence-corrected chi connectivity index (χ4v) is 2.61. The standard InChI is InChI=1S/C14H12N4O3S/c1-20-8-3-4-9-10(5-8)17-13(21-2)12(16-9)11-6-22-14(18-11)15-7-19/h3-7H,1-2H3,(H,15,18,19). The normalized spacial score (nSPS) is 10.5. The molecule has 1 aromatic carbocycles.